The molecule has 23 heavy (non-hydrogen) atoms. The summed E-state index contributed by atoms with van der Waals surface area (Å²) >= 11 is 0. The molecule has 124 valence electrons. The molecule has 0 aromatic heterocycles. The van der Waals surface area contributed by atoms with E-state index in [1.807, 2.05) is 20.8 Å². The molecule has 0 spiro atoms. The number of imide groups is 1. The van der Waals surface area contributed by atoms with Crippen LogP contribution < -0.4 is 10.2 Å². The van der Waals surface area contributed by atoms with Crippen LogP contribution in [0.3, 0.4) is 0 Å². The van der Waals surface area contributed by atoms with E-state index in [9.17, 15) is 14.4 Å². The lowest BCUT2D eigenvalue weighted by atomic mass is 10.1. The van der Waals surface area contributed by atoms with Crippen molar-refractivity contribution in [3.63, 3.8) is 0 Å². The molecule has 0 aliphatic carbocycles. The number of amides is 2. The summed E-state index contributed by atoms with van der Waals surface area (Å²) in [6, 6.07) is 5.76. The first-order valence-electron chi connectivity index (χ1n) is 7.64. The summed E-state index contributed by atoms with van der Waals surface area (Å²) in [5, 5.41) is 3.16. The molecule has 1 fully saturated rings. The average Bonchev–Trinajstić information content (AvgIpc) is 2.72. The van der Waals surface area contributed by atoms with Gasteiger partial charge in [0.25, 0.3) is 5.91 Å². The van der Waals surface area contributed by atoms with Crippen LogP contribution in [0.4, 0.5) is 5.69 Å². The number of esters is 1. The Labute approximate surface area is 135 Å². The van der Waals surface area contributed by atoms with Gasteiger partial charge in [-0.15, -0.1) is 0 Å². The molecule has 1 saturated heterocycles. The topological polar surface area (TPSA) is 75.7 Å². The van der Waals surface area contributed by atoms with Gasteiger partial charge in [0, 0.05) is 5.54 Å². The summed E-state index contributed by atoms with van der Waals surface area (Å²) < 4.78 is 4.91. The van der Waals surface area contributed by atoms with Crippen LogP contribution >= 0.6 is 0 Å². The van der Waals surface area contributed by atoms with Crippen LogP contribution in [0.2, 0.25) is 0 Å². The van der Waals surface area contributed by atoms with Gasteiger partial charge in [0.05, 0.1) is 30.3 Å². The molecule has 2 amide bonds. The summed E-state index contributed by atoms with van der Waals surface area (Å²) in [6.45, 7) is 7.87. The smallest absolute Gasteiger partial charge is 0.338 e. The third-order valence-electron chi connectivity index (χ3n) is 3.39. The van der Waals surface area contributed by atoms with Gasteiger partial charge in [-0.2, -0.15) is 0 Å². The lowest BCUT2D eigenvalue weighted by Crippen LogP contribution is -2.47. The second-order valence-electron chi connectivity index (χ2n) is 6.49. The summed E-state index contributed by atoms with van der Waals surface area (Å²) in [4.78, 5) is 37.4. The van der Waals surface area contributed by atoms with Crippen molar-refractivity contribution in [3.8, 4) is 0 Å². The van der Waals surface area contributed by atoms with Crippen LogP contribution in [0, 0.1) is 0 Å². The van der Waals surface area contributed by atoms with Gasteiger partial charge in [0.1, 0.15) is 0 Å². The van der Waals surface area contributed by atoms with Crippen molar-refractivity contribution in [1.82, 2.24) is 5.32 Å². The molecule has 2 rings (SSSR count). The molecule has 1 aromatic carbocycles. The van der Waals surface area contributed by atoms with E-state index >= 15 is 0 Å². The maximum Gasteiger partial charge on any atom is 0.338 e. The first kappa shape index (κ1) is 17.1. The van der Waals surface area contributed by atoms with Crippen LogP contribution in [0.15, 0.2) is 24.3 Å². The Hall–Kier alpha value is -2.21. The van der Waals surface area contributed by atoms with E-state index in [1.165, 1.54) is 4.90 Å². The van der Waals surface area contributed by atoms with Crippen LogP contribution in [-0.4, -0.2) is 36.0 Å². The minimum Gasteiger partial charge on any atom is -0.462 e. The second kappa shape index (κ2) is 6.50. The number of ether oxygens (including phenoxy) is 1. The second-order valence-corrected chi connectivity index (χ2v) is 6.49. The molecule has 0 bridgehead atoms. The largest absolute Gasteiger partial charge is 0.462 e. The normalized spacial score (nSPS) is 18.4. The maximum absolute atomic E-state index is 12.5. The Morgan fingerprint density at radius 3 is 2.39 bits per heavy atom. The van der Waals surface area contributed by atoms with Gasteiger partial charge in [-0.1, -0.05) is 0 Å². The molecule has 1 atom stereocenters. The number of nitrogens with zero attached hydrogens (tertiary/aromatic N) is 1. The Bertz CT molecular complexity index is 616. The van der Waals surface area contributed by atoms with Crippen molar-refractivity contribution in [3.05, 3.63) is 29.8 Å². The lowest BCUT2D eigenvalue weighted by molar-refractivity contribution is -0.121. The van der Waals surface area contributed by atoms with E-state index in [1.54, 1.807) is 31.2 Å². The van der Waals surface area contributed by atoms with Crippen LogP contribution in [0.25, 0.3) is 0 Å². The van der Waals surface area contributed by atoms with Crippen molar-refractivity contribution in [1.29, 1.82) is 0 Å². The number of hydrogen-bond donors (Lipinski definition) is 1. The Morgan fingerprint density at radius 2 is 1.87 bits per heavy atom. The minimum atomic E-state index is -0.521. The number of carbonyl (C=O) groups is 3. The highest BCUT2D eigenvalue weighted by Crippen LogP contribution is 2.24. The first-order chi connectivity index (χ1) is 10.7. The predicted octanol–water partition coefficient (Wildman–Crippen LogP) is 1.88. The lowest BCUT2D eigenvalue weighted by Gasteiger charge is -2.24. The monoisotopic (exact) mass is 318 g/mol. The highest BCUT2D eigenvalue weighted by molar-refractivity contribution is 6.22. The van der Waals surface area contributed by atoms with Crippen LogP contribution in [0.1, 0.15) is 44.5 Å². The van der Waals surface area contributed by atoms with Crippen LogP contribution in [-0.2, 0) is 14.3 Å². The molecule has 0 radical (unpaired) electrons. The van der Waals surface area contributed by atoms with Gasteiger partial charge < -0.3 is 10.1 Å². The van der Waals surface area contributed by atoms with E-state index in [-0.39, 0.29) is 23.8 Å². The minimum absolute atomic E-state index is 0.135. The zero-order valence-electron chi connectivity index (χ0n) is 13.9. The third-order valence-corrected chi connectivity index (χ3v) is 3.39. The predicted molar refractivity (Wildman–Crippen MR) is 86.2 cm³/mol. The Balaban J connectivity index is 2.17. The molecule has 6 nitrogen and oxygen atoms in total. The van der Waals surface area contributed by atoms with Crippen molar-refractivity contribution >= 4 is 23.5 Å². The third kappa shape index (κ3) is 3.96. The van der Waals surface area contributed by atoms with Gasteiger partial charge in [-0.3, -0.25) is 9.59 Å². The molecule has 6 heteroatoms. The van der Waals surface area contributed by atoms with E-state index in [0.717, 1.165) is 0 Å². The number of carbonyl (C=O) groups excluding carboxylic acids is 3. The van der Waals surface area contributed by atoms with Gasteiger partial charge in [0.2, 0.25) is 5.91 Å². The highest BCUT2D eigenvalue weighted by Gasteiger charge is 2.40. The number of benzene rings is 1. The van der Waals surface area contributed by atoms with Crippen LogP contribution in [0.5, 0.6) is 0 Å². The van der Waals surface area contributed by atoms with E-state index in [4.69, 9.17) is 4.74 Å². The van der Waals surface area contributed by atoms with Crippen molar-refractivity contribution in [2.45, 2.75) is 45.7 Å². The molecule has 1 heterocycles. The zero-order chi connectivity index (χ0) is 17.2. The Morgan fingerprint density at radius 1 is 1.26 bits per heavy atom. The molecular formula is C17H22N2O4. The van der Waals surface area contributed by atoms with Gasteiger partial charge in [0.15, 0.2) is 0 Å². The van der Waals surface area contributed by atoms with Crippen molar-refractivity contribution in [2.75, 3.05) is 11.5 Å². The standard InChI is InChI=1S/C17H22N2O4/c1-5-23-16(22)11-6-8-12(9-7-11)19-14(20)10-13(15(19)21)18-17(2,3)4/h6-9,13,18H,5,10H2,1-4H3/t13-/m1/s1. The number of hydrogen-bond acceptors (Lipinski definition) is 5. The molecule has 1 aliphatic heterocycles. The summed E-state index contributed by atoms with van der Waals surface area (Å²) in [7, 11) is 0. The fourth-order valence-corrected chi connectivity index (χ4v) is 2.50. The summed E-state index contributed by atoms with van der Waals surface area (Å²) in [6.07, 6.45) is 0.135. The molecule has 0 unspecified atom stereocenters. The molecule has 1 aromatic rings. The molecule has 0 saturated carbocycles. The quantitative estimate of drug-likeness (QED) is 0.677. The number of anilines is 1. The van der Waals surface area contributed by atoms with Crippen molar-refractivity contribution in [2.24, 2.45) is 0 Å². The number of nitrogens with one attached hydrogen (secondary N) is 1. The van der Waals surface area contributed by atoms with Gasteiger partial charge >= 0.3 is 5.97 Å². The van der Waals surface area contributed by atoms with E-state index < -0.39 is 12.0 Å². The summed E-state index contributed by atoms with van der Waals surface area (Å²) in [5.74, 6) is -0.945. The molecule has 1 N–H and O–H groups in total. The van der Waals surface area contributed by atoms with Gasteiger partial charge in [-0.05, 0) is 52.0 Å². The average molecular weight is 318 g/mol. The van der Waals surface area contributed by atoms with Gasteiger partial charge in [-0.25, -0.2) is 9.69 Å². The first-order valence-corrected chi connectivity index (χ1v) is 7.64. The molecular weight excluding hydrogens is 296 g/mol. The zero-order valence-corrected chi connectivity index (χ0v) is 13.9. The molecule has 1 aliphatic rings. The van der Waals surface area contributed by atoms with E-state index in [2.05, 4.69) is 5.32 Å². The fourth-order valence-electron chi connectivity index (χ4n) is 2.50. The highest BCUT2D eigenvalue weighted by atomic mass is 16.5. The fraction of sp³-hybridized carbons (Fsp3) is 0.471. The summed E-state index contributed by atoms with van der Waals surface area (Å²) in [5.41, 5.74) is 0.593. The maximum atomic E-state index is 12.5. The number of rotatable bonds is 4. The van der Waals surface area contributed by atoms with E-state index in [0.29, 0.717) is 17.9 Å². The SMILES string of the molecule is CCOC(=O)c1ccc(N2C(=O)C[C@@H](NC(C)(C)C)C2=O)cc1. The van der Waals surface area contributed by atoms with Crippen molar-refractivity contribution < 1.29 is 19.1 Å². The Kier molecular flexibility index (Phi) is 4.85.